The maximum Gasteiger partial charge on any atom is 0.127 e. The smallest absolute Gasteiger partial charge is 0.127 e. The lowest BCUT2D eigenvalue weighted by Crippen LogP contribution is -1.98. The normalized spacial score (nSPS) is 10.4. The zero-order chi connectivity index (χ0) is 15.4. The number of hydrogen-bond acceptors (Lipinski definition) is 2. The highest BCUT2D eigenvalue weighted by Crippen LogP contribution is 2.32. The Kier molecular flexibility index (Phi) is 4.10. The van der Waals surface area contributed by atoms with Crippen molar-refractivity contribution in [1.29, 1.82) is 0 Å². The van der Waals surface area contributed by atoms with Crippen LogP contribution >= 0.6 is 0 Å². The van der Waals surface area contributed by atoms with Gasteiger partial charge >= 0.3 is 0 Å². The Labute approximate surface area is 131 Å². The van der Waals surface area contributed by atoms with Gasteiger partial charge in [-0.25, -0.2) is 0 Å². The van der Waals surface area contributed by atoms with Gasteiger partial charge in [0, 0.05) is 11.3 Å². The Hall–Kier alpha value is -2.74. The van der Waals surface area contributed by atoms with E-state index in [4.69, 9.17) is 10.5 Å². The first-order valence-electron chi connectivity index (χ1n) is 7.36. The van der Waals surface area contributed by atoms with Gasteiger partial charge in [0.2, 0.25) is 0 Å². The second kappa shape index (κ2) is 6.35. The molecule has 2 nitrogen and oxygen atoms in total. The molecule has 2 heteroatoms. The molecule has 0 aromatic heterocycles. The van der Waals surface area contributed by atoms with Crippen molar-refractivity contribution in [2.45, 2.75) is 13.5 Å². The summed E-state index contributed by atoms with van der Waals surface area (Å²) in [5.74, 6) is 0.849. The number of rotatable bonds is 4. The number of ether oxygens (including phenoxy) is 1. The number of hydrogen-bond donors (Lipinski definition) is 1. The molecule has 0 saturated carbocycles. The Balaban J connectivity index is 1.89. The molecule has 110 valence electrons. The predicted molar refractivity (Wildman–Crippen MR) is 91.8 cm³/mol. The first-order valence-corrected chi connectivity index (χ1v) is 7.36. The van der Waals surface area contributed by atoms with Gasteiger partial charge < -0.3 is 10.5 Å². The molecule has 0 bridgehead atoms. The first kappa shape index (κ1) is 14.2. The fraction of sp³-hybridized carbons (Fsp3) is 0.100. The van der Waals surface area contributed by atoms with Crippen LogP contribution in [-0.4, -0.2) is 0 Å². The van der Waals surface area contributed by atoms with Crippen LogP contribution in [0.5, 0.6) is 5.75 Å². The molecule has 3 aromatic carbocycles. The van der Waals surface area contributed by atoms with E-state index in [0.29, 0.717) is 6.61 Å². The van der Waals surface area contributed by atoms with Gasteiger partial charge in [-0.05, 0) is 36.2 Å². The number of aryl methyl sites for hydroxylation is 1. The number of nitrogens with two attached hydrogens (primary N) is 1. The summed E-state index contributed by atoms with van der Waals surface area (Å²) in [6, 6.07) is 24.3. The molecule has 22 heavy (non-hydrogen) atoms. The molecule has 0 aliphatic carbocycles. The molecule has 0 atom stereocenters. The molecule has 2 N–H and O–H groups in total. The molecule has 0 aliphatic rings. The van der Waals surface area contributed by atoms with Crippen LogP contribution in [0.15, 0.2) is 72.8 Å². The van der Waals surface area contributed by atoms with Crippen LogP contribution in [0.1, 0.15) is 11.1 Å². The average Bonchev–Trinajstić information content (AvgIpc) is 2.55. The van der Waals surface area contributed by atoms with Gasteiger partial charge in [-0.3, -0.25) is 0 Å². The monoisotopic (exact) mass is 289 g/mol. The molecule has 0 aliphatic heterocycles. The largest absolute Gasteiger partial charge is 0.488 e. The van der Waals surface area contributed by atoms with Crippen molar-refractivity contribution in [2.75, 3.05) is 5.73 Å². The van der Waals surface area contributed by atoms with Crippen LogP contribution in [-0.2, 0) is 6.61 Å². The maximum atomic E-state index is 6.01. The van der Waals surface area contributed by atoms with E-state index in [0.717, 1.165) is 28.1 Å². The lowest BCUT2D eigenvalue weighted by Gasteiger charge is -2.13. The molecular formula is C20H19NO. The fourth-order valence-electron chi connectivity index (χ4n) is 2.37. The highest BCUT2D eigenvalue weighted by Gasteiger charge is 2.07. The van der Waals surface area contributed by atoms with Crippen LogP contribution in [0.3, 0.4) is 0 Å². The van der Waals surface area contributed by atoms with Gasteiger partial charge in [-0.1, -0.05) is 60.2 Å². The van der Waals surface area contributed by atoms with Crippen molar-refractivity contribution in [3.63, 3.8) is 0 Å². The van der Waals surface area contributed by atoms with Crippen LogP contribution < -0.4 is 10.5 Å². The van der Waals surface area contributed by atoms with Gasteiger partial charge in [0.25, 0.3) is 0 Å². The lowest BCUT2D eigenvalue weighted by atomic mass is 10.0. The van der Waals surface area contributed by atoms with Crippen molar-refractivity contribution in [2.24, 2.45) is 0 Å². The first-order chi connectivity index (χ1) is 10.7. The predicted octanol–water partition coefficient (Wildman–Crippen LogP) is 4.82. The van der Waals surface area contributed by atoms with Gasteiger partial charge in [-0.2, -0.15) is 0 Å². The molecule has 0 radical (unpaired) electrons. The van der Waals surface area contributed by atoms with Crippen molar-refractivity contribution < 1.29 is 4.74 Å². The summed E-state index contributed by atoms with van der Waals surface area (Å²) in [5, 5.41) is 0. The van der Waals surface area contributed by atoms with E-state index in [2.05, 4.69) is 43.3 Å². The van der Waals surface area contributed by atoms with Crippen LogP contribution in [0.25, 0.3) is 11.1 Å². The van der Waals surface area contributed by atoms with Crippen molar-refractivity contribution in [1.82, 2.24) is 0 Å². The Morgan fingerprint density at radius 1 is 0.864 bits per heavy atom. The van der Waals surface area contributed by atoms with E-state index in [1.54, 1.807) is 0 Å². The van der Waals surface area contributed by atoms with E-state index >= 15 is 0 Å². The summed E-state index contributed by atoms with van der Waals surface area (Å²) in [5.41, 5.74) is 11.2. The van der Waals surface area contributed by atoms with E-state index in [1.165, 1.54) is 5.56 Å². The van der Waals surface area contributed by atoms with Crippen molar-refractivity contribution >= 4 is 5.69 Å². The minimum atomic E-state index is 0.545. The zero-order valence-electron chi connectivity index (χ0n) is 12.6. The molecule has 3 aromatic rings. The second-order valence-corrected chi connectivity index (χ2v) is 5.40. The van der Waals surface area contributed by atoms with E-state index in [9.17, 15) is 0 Å². The van der Waals surface area contributed by atoms with E-state index in [-0.39, 0.29) is 0 Å². The molecule has 3 rings (SSSR count). The van der Waals surface area contributed by atoms with E-state index in [1.807, 2.05) is 36.4 Å². The van der Waals surface area contributed by atoms with Crippen molar-refractivity contribution in [3.8, 4) is 16.9 Å². The Bertz CT molecular complexity index is 748. The van der Waals surface area contributed by atoms with Crippen LogP contribution in [0, 0.1) is 6.92 Å². The number of anilines is 1. The SMILES string of the molecule is Cc1ccc(-c2cc(N)ccc2OCc2ccccc2)cc1. The summed E-state index contributed by atoms with van der Waals surface area (Å²) in [4.78, 5) is 0. The van der Waals surface area contributed by atoms with Gasteiger partial charge in [0.05, 0.1) is 0 Å². The fourth-order valence-corrected chi connectivity index (χ4v) is 2.37. The summed E-state index contributed by atoms with van der Waals surface area (Å²) in [6.45, 7) is 2.62. The van der Waals surface area contributed by atoms with Crippen LogP contribution in [0.2, 0.25) is 0 Å². The molecule has 0 fully saturated rings. The quantitative estimate of drug-likeness (QED) is 0.699. The maximum absolute atomic E-state index is 6.01. The number of benzene rings is 3. The molecular weight excluding hydrogens is 270 g/mol. The second-order valence-electron chi connectivity index (χ2n) is 5.40. The highest BCUT2D eigenvalue weighted by molar-refractivity contribution is 5.74. The van der Waals surface area contributed by atoms with Gasteiger partial charge in [0.15, 0.2) is 0 Å². The van der Waals surface area contributed by atoms with Crippen LogP contribution in [0.4, 0.5) is 5.69 Å². The third kappa shape index (κ3) is 3.29. The molecule has 0 heterocycles. The number of nitrogen functional groups attached to an aromatic ring is 1. The summed E-state index contributed by atoms with van der Waals surface area (Å²) in [6.07, 6.45) is 0. The summed E-state index contributed by atoms with van der Waals surface area (Å²) < 4.78 is 6.01. The molecule has 0 amide bonds. The summed E-state index contributed by atoms with van der Waals surface area (Å²) in [7, 11) is 0. The molecule has 0 spiro atoms. The topological polar surface area (TPSA) is 35.2 Å². The average molecular weight is 289 g/mol. The third-order valence-electron chi connectivity index (χ3n) is 3.60. The minimum Gasteiger partial charge on any atom is -0.488 e. The third-order valence-corrected chi connectivity index (χ3v) is 3.60. The van der Waals surface area contributed by atoms with Gasteiger partial charge in [0.1, 0.15) is 12.4 Å². The van der Waals surface area contributed by atoms with Crippen molar-refractivity contribution in [3.05, 3.63) is 83.9 Å². The lowest BCUT2D eigenvalue weighted by molar-refractivity contribution is 0.307. The highest BCUT2D eigenvalue weighted by atomic mass is 16.5. The minimum absolute atomic E-state index is 0.545. The Morgan fingerprint density at radius 2 is 1.59 bits per heavy atom. The Morgan fingerprint density at radius 3 is 2.32 bits per heavy atom. The van der Waals surface area contributed by atoms with Gasteiger partial charge in [-0.15, -0.1) is 0 Å². The standard InChI is InChI=1S/C20H19NO/c1-15-7-9-17(10-8-15)19-13-18(21)11-12-20(19)22-14-16-5-3-2-4-6-16/h2-13H,14,21H2,1H3. The summed E-state index contributed by atoms with van der Waals surface area (Å²) >= 11 is 0. The van der Waals surface area contributed by atoms with E-state index < -0.39 is 0 Å². The zero-order valence-corrected chi connectivity index (χ0v) is 12.6. The molecule has 0 saturated heterocycles. The molecule has 0 unspecified atom stereocenters.